The van der Waals surface area contributed by atoms with Crippen LogP contribution in [0.25, 0.3) is 0 Å². The van der Waals surface area contributed by atoms with Crippen molar-refractivity contribution in [2.75, 3.05) is 7.05 Å². The van der Waals surface area contributed by atoms with Crippen molar-refractivity contribution in [1.29, 1.82) is 0 Å². The number of nitrogens with zero attached hydrogens (tertiary/aromatic N) is 2. The molecule has 0 radical (unpaired) electrons. The number of aryl methyl sites for hydroxylation is 2. The standard InChI is InChI=1S/C14H15F2N3/c1-8-4-13(9(2)19-18-8)14(17-3)10-5-11(15)7-12(16)6-10/h4-7,14,17H,1-3H3. The van der Waals surface area contributed by atoms with E-state index in [1.54, 1.807) is 7.05 Å². The van der Waals surface area contributed by atoms with Crippen molar-refractivity contribution in [2.24, 2.45) is 0 Å². The summed E-state index contributed by atoms with van der Waals surface area (Å²) in [6.07, 6.45) is 0. The van der Waals surface area contributed by atoms with Gasteiger partial charge in [0, 0.05) is 6.07 Å². The largest absolute Gasteiger partial charge is 0.309 e. The Morgan fingerprint density at radius 3 is 2.21 bits per heavy atom. The summed E-state index contributed by atoms with van der Waals surface area (Å²) in [7, 11) is 1.74. The number of rotatable bonds is 3. The maximum absolute atomic E-state index is 13.3. The highest BCUT2D eigenvalue weighted by Crippen LogP contribution is 2.25. The first-order valence-electron chi connectivity index (χ1n) is 5.95. The average molecular weight is 263 g/mol. The third kappa shape index (κ3) is 2.93. The van der Waals surface area contributed by atoms with Crippen LogP contribution in [0.5, 0.6) is 0 Å². The Kier molecular flexibility index (Phi) is 3.85. The molecule has 19 heavy (non-hydrogen) atoms. The average Bonchev–Trinajstić information content (AvgIpc) is 2.33. The van der Waals surface area contributed by atoms with Crippen LogP contribution in [-0.4, -0.2) is 17.2 Å². The molecule has 1 atom stereocenters. The maximum atomic E-state index is 13.3. The molecule has 0 spiro atoms. The third-order valence-electron chi connectivity index (χ3n) is 2.96. The molecule has 100 valence electrons. The summed E-state index contributed by atoms with van der Waals surface area (Å²) in [5, 5.41) is 11.1. The molecule has 1 unspecified atom stereocenters. The highest BCUT2D eigenvalue weighted by Gasteiger charge is 2.17. The van der Waals surface area contributed by atoms with Gasteiger partial charge in [0.2, 0.25) is 0 Å². The molecule has 2 aromatic rings. The van der Waals surface area contributed by atoms with Crippen LogP contribution in [0.4, 0.5) is 8.78 Å². The van der Waals surface area contributed by atoms with E-state index in [0.717, 1.165) is 23.0 Å². The van der Waals surface area contributed by atoms with Crippen LogP contribution in [0.2, 0.25) is 0 Å². The van der Waals surface area contributed by atoms with Crippen LogP contribution in [0, 0.1) is 25.5 Å². The van der Waals surface area contributed by atoms with Gasteiger partial charge in [-0.25, -0.2) is 8.78 Å². The Hall–Kier alpha value is -1.88. The van der Waals surface area contributed by atoms with Crippen molar-refractivity contribution in [3.05, 3.63) is 58.4 Å². The molecule has 1 aromatic heterocycles. The third-order valence-corrected chi connectivity index (χ3v) is 2.96. The Bertz CT molecular complexity index is 579. The van der Waals surface area contributed by atoms with Crippen LogP contribution in [0.15, 0.2) is 24.3 Å². The van der Waals surface area contributed by atoms with Gasteiger partial charge in [-0.1, -0.05) is 0 Å². The molecule has 1 heterocycles. The van der Waals surface area contributed by atoms with Crippen LogP contribution < -0.4 is 5.32 Å². The van der Waals surface area contributed by atoms with Crippen molar-refractivity contribution in [2.45, 2.75) is 19.9 Å². The topological polar surface area (TPSA) is 37.8 Å². The van der Waals surface area contributed by atoms with Gasteiger partial charge >= 0.3 is 0 Å². The van der Waals surface area contributed by atoms with E-state index in [9.17, 15) is 8.78 Å². The Balaban J connectivity index is 2.52. The minimum Gasteiger partial charge on any atom is -0.309 e. The van der Waals surface area contributed by atoms with Gasteiger partial charge in [0.05, 0.1) is 17.4 Å². The molecule has 1 N–H and O–H groups in total. The molecule has 0 amide bonds. The monoisotopic (exact) mass is 263 g/mol. The second-order valence-corrected chi connectivity index (χ2v) is 4.45. The molecule has 0 saturated carbocycles. The summed E-state index contributed by atoms with van der Waals surface area (Å²) in [5.41, 5.74) is 2.88. The second-order valence-electron chi connectivity index (χ2n) is 4.45. The number of nitrogens with one attached hydrogen (secondary N) is 1. The van der Waals surface area contributed by atoms with E-state index in [-0.39, 0.29) is 6.04 Å². The van der Waals surface area contributed by atoms with Crippen LogP contribution >= 0.6 is 0 Å². The van der Waals surface area contributed by atoms with E-state index >= 15 is 0 Å². The maximum Gasteiger partial charge on any atom is 0.126 e. The molecule has 5 heteroatoms. The molecule has 3 nitrogen and oxygen atoms in total. The van der Waals surface area contributed by atoms with Crippen molar-refractivity contribution >= 4 is 0 Å². The molecule has 2 rings (SSSR count). The SMILES string of the molecule is CNC(c1cc(F)cc(F)c1)c1cc(C)nnc1C. The zero-order valence-corrected chi connectivity index (χ0v) is 11.0. The molecular weight excluding hydrogens is 248 g/mol. The summed E-state index contributed by atoms with van der Waals surface area (Å²) in [6.45, 7) is 3.65. The minimum absolute atomic E-state index is 0.320. The van der Waals surface area contributed by atoms with Crippen LogP contribution in [0.1, 0.15) is 28.6 Å². The Morgan fingerprint density at radius 1 is 1.00 bits per heavy atom. The summed E-state index contributed by atoms with van der Waals surface area (Å²) in [4.78, 5) is 0. The summed E-state index contributed by atoms with van der Waals surface area (Å²) >= 11 is 0. The Morgan fingerprint density at radius 2 is 1.63 bits per heavy atom. The predicted molar refractivity (Wildman–Crippen MR) is 68.8 cm³/mol. The molecule has 0 saturated heterocycles. The fourth-order valence-electron chi connectivity index (χ4n) is 2.11. The first-order valence-corrected chi connectivity index (χ1v) is 5.95. The Labute approximate surface area is 110 Å². The second kappa shape index (κ2) is 5.40. The van der Waals surface area contributed by atoms with Crippen molar-refractivity contribution in [3.8, 4) is 0 Å². The molecule has 0 aliphatic heterocycles. The van der Waals surface area contributed by atoms with Crippen molar-refractivity contribution in [1.82, 2.24) is 15.5 Å². The van der Waals surface area contributed by atoms with Gasteiger partial charge in [-0.15, -0.1) is 0 Å². The van der Waals surface area contributed by atoms with Gasteiger partial charge in [0.15, 0.2) is 0 Å². The number of hydrogen-bond donors (Lipinski definition) is 1. The first kappa shape index (κ1) is 13.5. The van der Waals surface area contributed by atoms with Gasteiger partial charge in [-0.2, -0.15) is 10.2 Å². The lowest BCUT2D eigenvalue weighted by molar-refractivity contribution is 0.570. The van der Waals surface area contributed by atoms with Crippen molar-refractivity contribution in [3.63, 3.8) is 0 Å². The number of aromatic nitrogens is 2. The van der Waals surface area contributed by atoms with E-state index in [2.05, 4.69) is 15.5 Å². The fraction of sp³-hybridized carbons (Fsp3) is 0.286. The lowest BCUT2D eigenvalue weighted by Gasteiger charge is -2.19. The fourth-order valence-corrected chi connectivity index (χ4v) is 2.11. The number of halogens is 2. The van der Waals surface area contributed by atoms with E-state index < -0.39 is 11.6 Å². The zero-order chi connectivity index (χ0) is 14.0. The van der Waals surface area contributed by atoms with Gasteiger partial charge in [-0.05, 0) is 50.2 Å². The van der Waals surface area contributed by atoms with E-state index in [0.29, 0.717) is 5.56 Å². The highest BCUT2D eigenvalue weighted by molar-refractivity contribution is 5.34. The van der Waals surface area contributed by atoms with Gasteiger partial charge in [0.25, 0.3) is 0 Å². The molecule has 0 aliphatic carbocycles. The van der Waals surface area contributed by atoms with Crippen LogP contribution in [-0.2, 0) is 0 Å². The minimum atomic E-state index is -0.591. The van der Waals surface area contributed by atoms with Gasteiger partial charge in [0.1, 0.15) is 11.6 Å². The summed E-state index contributed by atoms with van der Waals surface area (Å²) < 4.78 is 26.6. The van der Waals surface area contributed by atoms with Crippen LogP contribution in [0.3, 0.4) is 0 Å². The first-order chi connectivity index (χ1) is 9.01. The highest BCUT2D eigenvalue weighted by atomic mass is 19.1. The molecule has 1 aromatic carbocycles. The molecular formula is C14H15F2N3. The molecule has 0 bridgehead atoms. The van der Waals surface area contributed by atoms with Gasteiger partial charge in [-0.3, -0.25) is 0 Å². The van der Waals surface area contributed by atoms with E-state index in [4.69, 9.17) is 0 Å². The van der Waals surface area contributed by atoms with E-state index in [1.807, 2.05) is 19.9 Å². The number of hydrogen-bond acceptors (Lipinski definition) is 3. The molecule has 0 aliphatic rings. The quantitative estimate of drug-likeness (QED) is 0.925. The lowest BCUT2D eigenvalue weighted by atomic mass is 9.97. The van der Waals surface area contributed by atoms with E-state index in [1.165, 1.54) is 12.1 Å². The predicted octanol–water partition coefficient (Wildman–Crippen LogP) is 2.68. The summed E-state index contributed by atoms with van der Waals surface area (Å²) in [6, 6.07) is 5.05. The number of benzene rings is 1. The summed E-state index contributed by atoms with van der Waals surface area (Å²) in [5.74, 6) is -1.18. The molecule has 0 fully saturated rings. The van der Waals surface area contributed by atoms with Gasteiger partial charge < -0.3 is 5.32 Å². The lowest BCUT2D eigenvalue weighted by Crippen LogP contribution is -2.20. The smallest absolute Gasteiger partial charge is 0.126 e. The van der Waals surface area contributed by atoms with Crippen molar-refractivity contribution < 1.29 is 8.78 Å². The normalized spacial score (nSPS) is 12.5. The zero-order valence-electron chi connectivity index (χ0n) is 11.0.